The van der Waals surface area contributed by atoms with Crippen molar-refractivity contribution in [2.75, 3.05) is 13.6 Å². The summed E-state index contributed by atoms with van der Waals surface area (Å²) in [5.74, 6) is -1.14. The third-order valence-corrected chi connectivity index (χ3v) is 4.64. The van der Waals surface area contributed by atoms with E-state index in [2.05, 4.69) is 0 Å². The van der Waals surface area contributed by atoms with Crippen LogP contribution in [0.2, 0.25) is 5.02 Å². The van der Waals surface area contributed by atoms with Crippen LogP contribution in [0.4, 0.5) is 4.39 Å². The molecule has 0 saturated carbocycles. The van der Waals surface area contributed by atoms with E-state index in [9.17, 15) is 12.8 Å². The van der Waals surface area contributed by atoms with Gasteiger partial charge in [0.2, 0.25) is 10.0 Å². The molecule has 0 saturated heterocycles. The zero-order chi connectivity index (χ0) is 13.9. The van der Waals surface area contributed by atoms with E-state index in [1.807, 2.05) is 6.07 Å². The topological polar surface area (TPSA) is 61.2 Å². The van der Waals surface area contributed by atoms with Crippen LogP contribution in [0.3, 0.4) is 0 Å². The molecular formula is C11H12ClFN2O2S. The lowest BCUT2D eigenvalue weighted by Crippen LogP contribution is -2.31. The van der Waals surface area contributed by atoms with Crippen LogP contribution in [0.25, 0.3) is 0 Å². The first-order valence-corrected chi connectivity index (χ1v) is 6.92. The van der Waals surface area contributed by atoms with E-state index in [0.29, 0.717) is 0 Å². The van der Waals surface area contributed by atoms with Gasteiger partial charge in [0.1, 0.15) is 10.7 Å². The maximum atomic E-state index is 13.1. The van der Waals surface area contributed by atoms with Crippen LogP contribution >= 0.6 is 11.6 Å². The third-order valence-electron chi connectivity index (χ3n) is 2.33. The quantitative estimate of drug-likeness (QED) is 0.854. The average molecular weight is 291 g/mol. The van der Waals surface area contributed by atoms with Gasteiger partial charge in [-0.15, -0.1) is 0 Å². The van der Waals surface area contributed by atoms with Crippen LogP contribution < -0.4 is 0 Å². The normalized spacial score (nSPS) is 13.3. The molecule has 98 valence electrons. The molecule has 0 aliphatic rings. The number of hydrogen-bond acceptors (Lipinski definition) is 3. The summed E-state index contributed by atoms with van der Waals surface area (Å²) in [7, 11) is -2.56. The van der Waals surface area contributed by atoms with Gasteiger partial charge in [0.15, 0.2) is 0 Å². The predicted octanol–water partition coefficient (Wildman–Crippen LogP) is 2.26. The standard InChI is InChI=1S/C11H12ClFN2O2S/c1-8(6-14)7-15(2)18(16,17)11-5-9(13)3-4-10(11)12/h3-5,8H,7H2,1-2H3. The van der Waals surface area contributed by atoms with E-state index in [1.165, 1.54) is 13.1 Å². The van der Waals surface area contributed by atoms with E-state index < -0.39 is 21.8 Å². The van der Waals surface area contributed by atoms with E-state index in [1.54, 1.807) is 6.92 Å². The van der Waals surface area contributed by atoms with Crippen molar-refractivity contribution in [1.29, 1.82) is 5.26 Å². The molecule has 0 fully saturated rings. The van der Waals surface area contributed by atoms with Gasteiger partial charge in [0.25, 0.3) is 0 Å². The fourth-order valence-corrected chi connectivity index (χ4v) is 3.11. The SMILES string of the molecule is CC(C#N)CN(C)S(=O)(=O)c1cc(F)ccc1Cl. The molecule has 4 nitrogen and oxygen atoms in total. The smallest absolute Gasteiger partial charge is 0.207 e. The molecule has 0 aromatic heterocycles. The van der Waals surface area contributed by atoms with E-state index in [0.717, 1.165) is 16.4 Å². The van der Waals surface area contributed by atoms with Crippen molar-refractivity contribution < 1.29 is 12.8 Å². The molecular weight excluding hydrogens is 279 g/mol. The van der Waals surface area contributed by atoms with Crippen LogP contribution in [-0.2, 0) is 10.0 Å². The van der Waals surface area contributed by atoms with Gasteiger partial charge in [-0.25, -0.2) is 12.8 Å². The first-order chi connectivity index (χ1) is 8.28. The van der Waals surface area contributed by atoms with E-state index >= 15 is 0 Å². The minimum Gasteiger partial charge on any atom is -0.207 e. The number of nitrogens with zero attached hydrogens (tertiary/aromatic N) is 2. The van der Waals surface area contributed by atoms with Crippen LogP contribution in [0.5, 0.6) is 0 Å². The molecule has 0 amide bonds. The van der Waals surface area contributed by atoms with Crippen LogP contribution in [0.1, 0.15) is 6.92 Å². The Labute approximate surface area is 111 Å². The van der Waals surface area contributed by atoms with E-state index in [-0.39, 0.29) is 16.5 Å². The molecule has 1 rings (SSSR count). The molecule has 18 heavy (non-hydrogen) atoms. The molecule has 0 aliphatic carbocycles. The molecule has 1 unspecified atom stereocenters. The number of hydrogen-bond donors (Lipinski definition) is 0. The lowest BCUT2D eigenvalue weighted by Gasteiger charge is -2.18. The number of nitriles is 1. The maximum absolute atomic E-state index is 13.1. The average Bonchev–Trinajstić information content (AvgIpc) is 2.31. The van der Waals surface area contributed by atoms with Crippen LogP contribution in [0, 0.1) is 23.1 Å². The fourth-order valence-electron chi connectivity index (χ4n) is 1.37. The van der Waals surface area contributed by atoms with Gasteiger partial charge in [-0.3, -0.25) is 0 Å². The molecule has 1 aromatic rings. The van der Waals surface area contributed by atoms with Gasteiger partial charge in [-0.05, 0) is 25.1 Å². The summed E-state index contributed by atoms with van der Waals surface area (Å²) >= 11 is 5.76. The minimum atomic E-state index is -3.89. The summed E-state index contributed by atoms with van der Waals surface area (Å²) in [5.41, 5.74) is 0. The molecule has 0 heterocycles. The molecule has 1 atom stereocenters. The molecule has 0 spiro atoms. The Hall–Kier alpha value is -1.16. The number of rotatable bonds is 4. The number of halogens is 2. The number of benzene rings is 1. The van der Waals surface area contributed by atoms with Gasteiger partial charge in [0.05, 0.1) is 17.0 Å². The van der Waals surface area contributed by atoms with Crippen LogP contribution in [0.15, 0.2) is 23.1 Å². The molecule has 7 heteroatoms. The van der Waals surface area contributed by atoms with Crippen LogP contribution in [-0.4, -0.2) is 26.3 Å². The van der Waals surface area contributed by atoms with Crippen molar-refractivity contribution >= 4 is 21.6 Å². The highest BCUT2D eigenvalue weighted by molar-refractivity contribution is 7.89. The molecule has 0 radical (unpaired) electrons. The lowest BCUT2D eigenvalue weighted by atomic mass is 10.2. The second-order valence-electron chi connectivity index (χ2n) is 3.89. The van der Waals surface area contributed by atoms with Gasteiger partial charge in [-0.1, -0.05) is 11.6 Å². The second-order valence-corrected chi connectivity index (χ2v) is 6.31. The highest BCUT2D eigenvalue weighted by atomic mass is 35.5. The summed E-state index contributed by atoms with van der Waals surface area (Å²) in [5, 5.41) is 8.61. The summed E-state index contributed by atoms with van der Waals surface area (Å²) in [6.45, 7) is 1.62. The Morgan fingerprint density at radius 3 is 2.72 bits per heavy atom. The number of sulfonamides is 1. The maximum Gasteiger partial charge on any atom is 0.244 e. The van der Waals surface area contributed by atoms with Gasteiger partial charge >= 0.3 is 0 Å². The van der Waals surface area contributed by atoms with Crippen molar-refractivity contribution in [1.82, 2.24) is 4.31 Å². The monoisotopic (exact) mass is 290 g/mol. The predicted molar refractivity (Wildman–Crippen MR) is 66.0 cm³/mol. The zero-order valence-electron chi connectivity index (χ0n) is 9.89. The van der Waals surface area contributed by atoms with Gasteiger partial charge in [0, 0.05) is 13.6 Å². The lowest BCUT2D eigenvalue weighted by molar-refractivity contribution is 0.438. The van der Waals surface area contributed by atoms with E-state index in [4.69, 9.17) is 16.9 Å². The Bertz CT molecular complexity index is 583. The van der Waals surface area contributed by atoms with Gasteiger partial charge < -0.3 is 0 Å². The highest BCUT2D eigenvalue weighted by Crippen LogP contribution is 2.25. The van der Waals surface area contributed by atoms with Crippen molar-refractivity contribution in [3.63, 3.8) is 0 Å². The molecule has 0 aliphatic heterocycles. The molecule has 1 aromatic carbocycles. The summed E-state index contributed by atoms with van der Waals surface area (Å²) in [4.78, 5) is -0.295. The second kappa shape index (κ2) is 5.65. The Balaban J connectivity index is 3.14. The summed E-state index contributed by atoms with van der Waals surface area (Å²) in [6, 6.07) is 5.07. The molecule has 0 N–H and O–H groups in total. The first kappa shape index (κ1) is 14.9. The van der Waals surface area contributed by atoms with Crippen molar-refractivity contribution in [2.24, 2.45) is 5.92 Å². The van der Waals surface area contributed by atoms with Crippen molar-refractivity contribution in [3.8, 4) is 6.07 Å². The zero-order valence-corrected chi connectivity index (χ0v) is 11.5. The van der Waals surface area contributed by atoms with Gasteiger partial charge in [-0.2, -0.15) is 9.57 Å². The molecule has 0 bridgehead atoms. The highest BCUT2D eigenvalue weighted by Gasteiger charge is 2.25. The minimum absolute atomic E-state index is 0.0195. The Kier molecular flexibility index (Phi) is 4.68. The Morgan fingerprint density at radius 2 is 2.17 bits per heavy atom. The van der Waals surface area contributed by atoms with Crippen molar-refractivity contribution in [2.45, 2.75) is 11.8 Å². The van der Waals surface area contributed by atoms with Crippen molar-refractivity contribution in [3.05, 3.63) is 29.0 Å². The summed E-state index contributed by atoms with van der Waals surface area (Å²) < 4.78 is 38.3. The third kappa shape index (κ3) is 3.19. The largest absolute Gasteiger partial charge is 0.244 e. The Morgan fingerprint density at radius 1 is 1.56 bits per heavy atom. The fraction of sp³-hybridized carbons (Fsp3) is 0.364. The first-order valence-electron chi connectivity index (χ1n) is 5.10. The summed E-state index contributed by atoms with van der Waals surface area (Å²) in [6.07, 6.45) is 0.